The third-order valence-electron chi connectivity index (χ3n) is 4.86. The maximum Gasteiger partial charge on any atom is 0.223 e. The molecule has 1 saturated heterocycles. The summed E-state index contributed by atoms with van der Waals surface area (Å²) in [6.45, 7) is 6.59. The molecule has 1 aromatic carbocycles. The van der Waals surface area contributed by atoms with Crippen molar-refractivity contribution in [2.45, 2.75) is 45.3 Å². The Morgan fingerprint density at radius 3 is 3.00 bits per heavy atom. The second-order valence-electron chi connectivity index (χ2n) is 6.57. The summed E-state index contributed by atoms with van der Waals surface area (Å²) in [5.74, 6) is 0.308. The number of nitrogens with zero attached hydrogens (tertiary/aromatic N) is 1. The maximum absolute atomic E-state index is 12.3. The van der Waals surface area contributed by atoms with Gasteiger partial charge in [-0.05, 0) is 44.7 Å². The van der Waals surface area contributed by atoms with Gasteiger partial charge in [0.1, 0.15) is 0 Å². The third-order valence-corrected chi connectivity index (χ3v) is 4.86. The van der Waals surface area contributed by atoms with Gasteiger partial charge in [0.05, 0.1) is 6.10 Å². The topological polar surface area (TPSA) is 41.6 Å². The van der Waals surface area contributed by atoms with Crippen molar-refractivity contribution < 1.29 is 9.53 Å². The number of fused-ring (bicyclic) bond motifs is 1. The first-order valence-corrected chi connectivity index (χ1v) is 8.39. The van der Waals surface area contributed by atoms with E-state index < -0.39 is 0 Å². The van der Waals surface area contributed by atoms with Crippen molar-refractivity contribution in [1.82, 2.24) is 5.32 Å². The molecule has 0 aliphatic carbocycles. The highest BCUT2D eigenvalue weighted by Crippen LogP contribution is 2.31. The SMILES string of the molecule is C[C@@H]1C[C@H](C(=O)NCCN2c3ccccc3C[C@H]2C)CCO1. The van der Waals surface area contributed by atoms with Crippen LogP contribution in [0.3, 0.4) is 0 Å². The molecule has 1 aromatic rings. The summed E-state index contributed by atoms with van der Waals surface area (Å²) < 4.78 is 5.51. The second kappa shape index (κ2) is 6.69. The van der Waals surface area contributed by atoms with Crippen molar-refractivity contribution in [1.29, 1.82) is 0 Å². The van der Waals surface area contributed by atoms with Crippen molar-refractivity contribution in [3.63, 3.8) is 0 Å². The van der Waals surface area contributed by atoms with Crippen molar-refractivity contribution >= 4 is 11.6 Å². The number of carbonyl (C=O) groups is 1. The fourth-order valence-corrected chi connectivity index (χ4v) is 3.65. The standard InChI is InChI=1S/C18H26N2O2/c1-13-11-15-5-3-4-6-17(15)20(13)9-8-19-18(21)16-7-10-22-14(2)12-16/h3-6,13-14,16H,7-12H2,1-2H3,(H,19,21)/t13-,14-,16-/m1/s1. The summed E-state index contributed by atoms with van der Waals surface area (Å²) in [5, 5.41) is 3.12. The Kier molecular flexibility index (Phi) is 4.67. The Morgan fingerprint density at radius 1 is 1.36 bits per heavy atom. The fourth-order valence-electron chi connectivity index (χ4n) is 3.65. The Bertz CT molecular complexity index is 532. The van der Waals surface area contributed by atoms with Gasteiger partial charge in [0.2, 0.25) is 5.91 Å². The van der Waals surface area contributed by atoms with Gasteiger partial charge in [0.15, 0.2) is 0 Å². The lowest BCUT2D eigenvalue weighted by Gasteiger charge is -2.28. The number of rotatable bonds is 4. The summed E-state index contributed by atoms with van der Waals surface area (Å²) in [7, 11) is 0. The van der Waals surface area contributed by atoms with Crippen LogP contribution in [0.2, 0.25) is 0 Å². The molecule has 1 amide bonds. The predicted octanol–water partition coefficient (Wildman–Crippen LogP) is 2.37. The van der Waals surface area contributed by atoms with E-state index in [-0.39, 0.29) is 17.9 Å². The quantitative estimate of drug-likeness (QED) is 0.928. The molecule has 0 aromatic heterocycles. The zero-order chi connectivity index (χ0) is 15.5. The second-order valence-corrected chi connectivity index (χ2v) is 6.57. The summed E-state index contributed by atoms with van der Waals surface area (Å²) >= 11 is 0. The number of nitrogens with one attached hydrogen (secondary N) is 1. The number of hydrogen-bond acceptors (Lipinski definition) is 3. The molecule has 3 atom stereocenters. The lowest BCUT2D eigenvalue weighted by Crippen LogP contribution is -2.41. The zero-order valence-electron chi connectivity index (χ0n) is 13.5. The molecule has 2 aliphatic rings. The van der Waals surface area contributed by atoms with Crippen LogP contribution in [0.4, 0.5) is 5.69 Å². The maximum atomic E-state index is 12.3. The monoisotopic (exact) mass is 302 g/mol. The van der Waals surface area contributed by atoms with Crippen LogP contribution in [0, 0.1) is 5.92 Å². The third kappa shape index (κ3) is 3.27. The number of para-hydroxylation sites is 1. The lowest BCUT2D eigenvalue weighted by molar-refractivity contribution is -0.129. The molecule has 0 unspecified atom stereocenters. The van der Waals surface area contributed by atoms with Crippen molar-refractivity contribution in [2.75, 3.05) is 24.6 Å². The smallest absolute Gasteiger partial charge is 0.223 e. The molecule has 0 bridgehead atoms. The number of ether oxygens (including phenoxy) is 1. The summed E-state index contributed by atoms with van der Waals surface area (Å²) in [6, 6.07) is 9.08. The molecule has 0 saturated carbocycles. The van der Waals surface area contributed by atoms with Gasteiger partial charge in [-0.25, -0.2) is 0 Å². The first-order chi connectivity index (χ1) is 10.6. The van der Waals surface area contributed by atoms with Gasteiger partial charge >= 0.3 is 0 Å². The van der Waals surface area contributed by atoms with E-state index in [0.717, 1.165) is 25.8 Å². The molecule has 0 radical (unpaired) electrons. The molecule has 4 nitrogen and oxygen atoms in total. The van der Waals surface area contributed by atoms with E-state index in [1.807, 2.05) is 6.92 Å². The van der Waals surface area contributed by atoms with E-state index in [1.54, 1.807) is 0 Å². The number of hydrogen-bond donors (Lipinski definition) is 1. The molecule has 1 N–H and O–H groups in total. The van der Waals surface area contributed by atoms with Crippen LogP contribution in [0.15, 0.2) is 24.3 Å². The van der Waals surface area contributed by atoms with Crippen LogP contribution in [-0.2, 0) is 16.0 Å². The van der Waals surface area contributed by atoms with Crippen molar-refractivity contribution in [3.05, 3.63) is 29.8 Å². The van der Waals surface area contributed by atoms with Crippen molar-refractivity contribution in [2.24, 2.45) is 5.92 Å². The Balaban J connectivity index is 1.50. The Morgan fingerprint density at radius 2 is 2.18 bits per heavy atom. The molecule has 120 valence electrons. The average Bonchev–Trinajstić information content (AvgIpc) is 2.83. The van der Waals surface area contributed by atoms with E-state index >= 15 is 0 Å². The summed E-state index contributed by atoms with van der Waals surface area (Å²) in [6.07, 6.45) is 2.99. The van der Waals surface area contributed by atoms with Gasteiger partial charge in [-0.3, -0.25) is 4.79 Å². The number of anilines is 1. The van der Waals surface area contributed by atoms with Crippen LogP contribution in [-0.4, -0.2) is 37.7 Å². The fraction of sp³-hybridized carbons (Fsp3) is 0.611. The highest BCUT2D eigenvalue weighted by molar-refractivity contribution is 5.78. The van der Waals surface area contributed by atoms with Crippen LogP contribution < -0.4 is 10.2 Å². The first kappa shape index (κ1) is 15.3. The van der Waals surface area contributed by atoms with Crippen LogP contribution in [0.25, 0.3) is 0 Å². The van der Waals surface area contributed by atoms with Crippen LogP contribution in [0.5, 0.6) is 0 Å². The summed E-state index contributed by atoms with van der Waals surface area (Å²) in [5.41, 5.74) is 2.74. The molecular formula is C18H26N2O2. The van der Waals surface area contributed by atoms with Gasteiger partial charge in [-0.2, -0.15) is 0 Å². The van der Waals surface area contributed by atoms with E-state index in [0.29, 0.717) is 19.2 Å². The minimum Gasteiger partial charge on any atom is -0.378 e. The van der Waals surface area contributed by atoms with Gasteiger partial charge in [-0.1, -0.05) is 18.2 Å². The predicted molar refractivity (Wildman–Crippen MR) is 88.1 cm³/mol. The van der Waals surface area contributed by atoms with Gasteiger partial charge < -0.3 is 15.0 Å². The highest BCUT2D eigenvalue weighted by atomic mass is 16.5. The van der Waals surface area contributed by atoms with Crippen LogP contribution >= 0.6 is 0 Å². The van der Waals surface area contributed by atoms with Crippen LogP contribution in [0.1, 0.15) is 32.3 Å². The Labute approximate surface area is 132 Å². The highest BCUT2D eigenvalue weighted by Gasteiger charge is 2.27. The number of benzene rings is 1. The molecule has 1 fully saturated rings. The van der Waals surface area contributed by atoms with Gasteiger partial charge in [0, 0.05) is 37.3 Å². The minimum absolute atomic E-state index is 0.118. The molecule has 4 heteroatoms. The zero-order valence-corrected chi connectivity index (χ0v) is 13.5. The van der Waals surface area contributed by atoms with Gasteiger partial charge in [-0.15, -0.1) is 0 Å². The molecular weight excluding hydrogens is 276 g/mol. The largest absolute Gasteiger partial charge is 0.378 e. The first-order valence-electron chi connectivity index (χ1n) is 8.39. The molecule has 2 heterocycles. The van der Waals surface area contributed by atoms with E-state index in [9.17, 15) is 4.79 Å². The molecule has 2 aliphatic heterocycles. The molecule has 0 spiro atoms. The molecule has 22 heavy (non-hydrogen) atoms. The molecule has 3 rings (SSSR count). The van der Waals surface area contributed by atoms with E-state index in [4.69, 9.17) is 4.74 Å². The minimum atomic E-state index is 0.118. The number of amides is 1. The normalized spacial score (nSPS) is 27.5. The Hall–Kier alpha value is -1.55. The van der Waals surface area contributed by atoms with E-state index in [2.05, 4.69) is 41.4 Å². The number of carbonyl (C=O) groups excluding carboxylic acids is 1. The van der Waals surface area contributed by atoms with Crippen molar-refractivity contribution in [3.8, 4) is 0 Å². The lowest BCUT2D eigenvalue weighted by atomic mass is 9.95. The average molecular weight is 302 g/mol. The van der Waals surface area contributed by atoms with E-state index in [1.165, 1.54) is 11.3 Å². The van der Waals surface area contributed by atoms with Gasteiger partial charge in [0.25, 0.3) is 0 Å². The summed E-state index contributed by atoms with van der Waals surface area (Å²) in [4.78, 5) is 14.7.